The first-order valence-electron chi connectivity index (χ1n) is 7.87. The topological polar surface area (TPSA) is 81.8 Å². The van der Waals surface area contributed by atoms with E-state index in [1.807, 2.05) is 45.0 Å². The van der Waals surface area contributed by atoms with Gasteiger partial charge in [-0.15, -0.1) is 5.10 Å². The molecule has 5 nitrogen and oxygen atoms in total. The van der Waals surface area contributed by atoms with E-state index in [-0.39, 0.29) is 6.54 Å². The van der Waals surface area contributed by atoms with Gasteiger partial charge in [0.25, 0.3) is 0 Å². The standard InChI is InChI=1S/C18H22N4O/c1-4-14-15(10-19)18(22-21-16(14)5-2)20-11-17(23)13-8-6-12(3)7-9-13/h6-9,17,23H,4-5,11H2,1-3H3,(H,20,22). The molecule has 1 heterocycles. The van der Waals surface area contributed by atoms with Gasteiger partial charge in [-0.05, 0) is 30.9 Å². The molecule has 5 heteroatoms. The highest BCUT2D eigenvalue weighted by molar-refractivity contribution is 5.56. The Morgan fingerprint density at radius 3 is 2.43 bits per heavy atom. The minimum Gasteiger partial charge on any atom is -0.387 e. The van der Waals surface area contributed by atoms with Crippen LogP contribution in [-0.2, 0) is 12.8 Å². The van der Waals surface area contributed by atoms with Crippen molar-refractivity contribution in [2.24, 2.45) is 0 Å². The van der Waals surface area contributed by atoms with Gasteiger partial charge in [0.2, 0.25) is 0 Å². The van der Waals surface area contributed by atoms with Crippen LogP contribution in [0.5, 0.6) is 0 Å². The second-order valence-electron chi connectivity index (χ2n) is 5.48. The Morgan fingerprint density at radius 2 is 1.87 bits per heavy atom. The van der Waals surface area contributed by atoms with E-state index in [1.54, 1.807) is 0 Å². The zero-order valence-corrected chi connectivity index (χ0v) is 13.8. The van der Waals surface area contributed by atoms with Crippen LogP contribution in [0.4, 0.5) is 5.82 Å². The molecule has 0 saturated carbocycles. The van der Waals surface area contributed by atoms with Crippen LogP contribution in [-0.4, -0.2) is 21.8 Å². The van der Waals surface area contributed by atoms with Crippen LogP contribution in [0.15, 0.2) is 24.3 Å². The molecule has 0 amide bonds. The van der Waals surface area contributed by atoms with Crippen LogP contribution in [0.3, 0.4) is 0 Å². The third-order valence-electron chi connectivity index (χ3n) is 3.88. The summed E-state index contributed by atoms with van der Waals surface area (Å²) in [7, 11) is 0. The molecule has 0 fully saturated rings. The van der Waals surface area contributed by atoms with Gasteiger partial charge in [0.1, 0.15) is 11.6 Å². The smallest absolute Gasteiger partial charge is 0.167 e. The largest absolute Gasteiger partial charge is 0.387 e. The Bertz CT molecular complexity index is 704. The van der Waals surface area contributed by atoms with E-state index in [4.69, 9.17) is 0 Å². The number of hydrogen-bond acceptors (Lipinski definition) is 5. The number of rotatable bonds is 6. The van der Waals surface area contributed by atoms with E-state index < -0.39 is 6.10 Å². The summed E-state index contributed by atoms with van der Waals surface area (Å²) in [6.07, 6.45) is 0.813. The van der Waals surface area contributed by atoms with Gasteiger partial charge in [-0.3, -0.25) is 0 Å². The number of anilines is 1. The van der Waals surface area contributed by atoms with Crippen LogP contribution in [0, 0.1) is 18.3 Å². The maximum Gasteiger partial charge on any atom is 0.167 e. The minimum atomic E-state index is -0.667. The van der Waals surface area contributed by atoms with Crippen LogP contribution >= 0.6 is 0 Å². The zero-order valence-electron chi connectivity index (χ0n) is 13.8. The summed E-state index contributed by atoms with van der Waals surface area (Å²) in [6, 6.07) is 9.94. The SMILES string of the molecule is CCc1nnc(NCC(O)c2ccc(C)cc2)c(C#N)c1CC. The number of benzene rings is 1. The number of aryl methyl sites for hydroxylation is 2. The average molecular weight is 310 g/mol. The van der Waals surface area contributed by atoms with Gasteiger partial charge in [-0.1, -0.05) is 43.7 Å². The molecule has 1 atom stereocenters. The second kappa shape index (κ2) is 7.70. The van der Waals surface area contributed by atoms with E-state index in [2.05, 4.69) is 21.6 Å². The Hall–Kier alpha value is -2.45. The fourth-order valence-corrected chi connectivity index (χ4v) is 2.52. The molecule has 2 N–H and O–H groups in total. The highest BCUT2D eigenvalue weighted by atomic mass is 16.3. The molecule has 0 aliphatic heterocycles. The summed E-state index contributed by atoms with van der Waals surface area (Å²) in [5, 5.41) is 31.1. The maximum absolute atomic E-state index is 10.3. The predicted octanol–water partition coefficient (Wildman–Crippen LogP) is 2.93. The molecule has 0 radical (unpaired) electrons. The predicted molar refractivity (Wildman–Crippen MR) is 90.1 cm³/mol. The molecule has 2 rings (SSSR count). The zero-order chi connectivity index (χ0) is 16.8. The molecule has 1 aromatic heterocycles. The van der Waals surface area contributed by atoms with Gasteiger partial charge >= 0.3 is 0 Å². The number of aliphatic hydroxyl groups is 1. The quantitative estimate of drug-likeness (QED) is 0.857. The van der Waals surface area contributed by atoms with E-state index in [0.717, 1.165) is 35.2 Å². The van der Waals surface area contributed by atoms with Crippen molar-refractivity contribution >= 4 is 5.82 Å². The lowest BCUT2D eigenvalue weighted by Crippen LogP contribution is -2.16. The Labute approximate surface area is 137 Å². The van der Waals surface area contributed by atoms with Gasteiger partial charge in [0.05, 0.1) is 11.8 Å². The number of hydrogen-bond donors (Lipinski definition) is 2. The fraction of sp³-hybridized carbons (Fsp3) is 0.389. The first-order chi connectivity index (χ1) is 11.1. The van der Waals surface area contributed by atoms with E-state index >= 15 is 0 Å². The lowest BCUT2D eigenvalue weighted by Gasteiger charge is -2.15. The van der Waals surface area contributed by atoms with Crippen molar-refractivity contribution in [2.45, 2.75) is 39.7 Å². The first-order valence-corrected chi connectivity index (χ1v) is 7.87. The highest BCUT2D eigenvalue weighted by Crippen LogP contribution is 2.21. The molecule has 0 spiro atoms. The monoisotopic (exact) mass is 310 g/mol. The molecule has 1 unspecified atom stereocenters. The van der Waals surface area contributed by atoms with Crippen molar-refractivity contribution < 1.29 is 5.11 Å². The summed E-state index contributed by atoms with van der Waals surface area (Å²) < 4.78 is 0. The van der Waals surface area contributed by atoms with Crippen molar-refractivity contribution in [3.8, 4) is 6.07 Å². The molecule has 0 saturated heterocycles. The number of nitriles is 1. The third-order valence-corrected chi connectivity index (χ3v) is 3.88. The summed E-state index contributed by atoms with van der Waals surface area (Å²) >= 11 is 0. The fourth-order valence-electron chi connectivity index (χ4n) is 2.52. The lowest BCUT2D eigenvalue weighted by atomic mass is 10.0. The van der Waals surface area contributed by atoms with Crippen LogP contribution < -0.4 is 5.32 Å². The molecular formula is C18H22N4O. The summed E-state index contributed by atoms with van der Waals surface area (Å²) in [5.41, 5.74) is 4.28. The first kappa shape index (κ1) is 16.9. The highest BCUT2D eigenvalue weighted by Gasteiger charge is 2.15. The van der Waals surface area contributed by atoms with Crippen molar-refractivity contribution in [1.29, 1.82) is 5.26 Å². The number of nitrogens with zero attached hydrogens (tertiary/aromatic N) is 3. The number of aromatic nitrogens is 2. The second-order valence-corrected chi connectivity index (χ2v) is 5.48. The minimum absolute atomic E-state index is 0.279. The van der Waals surface area contributed by atoms with Crippen LogP contribution in [0.25, 0.3) is 0 Å². The summed E-state index contributed by atoms with van der Waals surface area (Å²) in [5.74, 6) is 0.438. The van der Waals surface area contributed by atoms with E-state index in [1.165, 1.54) is 0 Å². The normalized spacial score (nSPS) is 11.8. The maximum atomic E-state index is 10.3. The molecule has 2 aromatic rings. The van der Waals surface area contributed by atoms with Crippen molar-refractivity contribution in [3.63, 3.8) is 0 Å². The Morgan fingerprint density at radius 1 is 1.17 bits per heavy atom. The van der Waals surface area contributed by atoms with Gasteiger partial charge in [0, 0.05) is 6.54 Å². The number of aliphatic hydroxyl groups excluding tert-OH is 1. The van der Waals surface area contributed by atoms with Gasteiger partial charge in [0.15, 0.2) is 5.82 Å². The van der Waals surface area contributed by atoms with Gasteiger partial charge < -0.3 is 10.4 Å². The third kappa shape index (κ3) is 3.85. The van der Waals surface area contributed by atoms with E-state index in [0.29, 0.717) is 11.4 Å². The molecule has 0 aliphatic carbocycles. The number of nitrogens with one attached hydrogen (secondary N) is 1. The molecule has 1 aromatic carbocycles. The Kier molecular flexibility index (Phi) is 5.67. The Balaban J connectivity index is 2.17. The van der Waals surface area contributed by atoms with Crippen molar-refractivity contribution in [1.82, 2.24) is 10.2 Å². The molecule has 120 valence electrons. The molecule has 0 bridgehead atoms. The summed E-state index contributed by atoms with van der Waals surface area (Å²) in [6.45, 7) is 6.28. The molecule has 23 heavy (non-hydrogen) atoms. The van der Waals surface area contributed by atoms with Crippen molar-refractivity contribution in [3.05, 3.63) is 52.2 Å². The molecule has 0 aliphatic rings. The van der Waals surface area contributed by atoms with Gasteiger partial charge in [-0.25, -0.2) is 0 Å². The van der Waals surface area contributed by atoms with E-state index in [9.17, 15) is 10.4 Å². The summed E-state index contributed by atoms with van der Waals surface area (Å²) in [4.78, 5) is 0. The molecular weight excluding hydrogens is 288 g/mol. The van der Waals surface area contributed by atoms with Crippen molar-refractivity contribution in [2.75, 3.05) is 11.9 Å². The van der Waals surface area contributed by atoms with Crippen LogP contribution in [0.1, 0.15) is 47.9 Å². The van der Waals surface area contributed by atoms with Crippen LogP contribution in [0.2, 0.25) is 0 Å². The average Bonchev–Trinajstić information content (AvgIpc) is 2.59. The van der Waals surface area contributed by atoms with Gasteiger partial charge in [-0.2, -0.15) is 10.4 Å². The lowest BCUT2D eigenvalue weighted by molar-refractivity contribution is 0.191.